The smallest absolute Gasteiger partial charge is 0.352 e. The fourth-order valence-corrected chi connectivity index (χ4v) is 0.860. The SMILES string of the molecule is Cl.Cn1cc([N+](=O)[O-])cc1C(=O)O. The van der Waals surface area contributed by atoms with Gasteiger partial charge < -0.3 is 9.67 Å². The van der Waals surface area contributed by atoms with Crippen molar-refractivity contribution >= 4 is 24.1 Å². The van der Waals surface area contributed by atoms with E-state index < -0.39 is 10.9 Å². The molecular weight excluding hydrogens is 200 g/mol. The van der Waals surface area contributed by atoms with Crippen molar-refractivity contribution in [3.63, 3.8) is 0 Å². The Balaban J connectivity index is 0.00000144. The first-order chi connectivity index (χ1) is 5.52. The van der Waals surface area contributed by atoms with E-state index in [4.69, 9.17) is 5.11 Å². The molecule has 13 heavy (non-hydrogen) atoms. The van der Waals surface area contributed by atoms with Crippen LogP contribution in [-0.2, 0) is 7.05 Å². The maximum atomic E-state index is 10.4. The summed E-state index contributed by atoms with van der Waals surface area (Å²) in [5.41, 5.74) is -0.309. The molecule has 7 heteroatoms. The van der Waals surface area contributed by atoms with E-state index in [1.807, 2.05) is 0 Å². The maximum absolute atomic E-state index is 10.4. The molecule has 0 aliphatic rings. The molecule has 1 N–H and O–H groups in total. The highest BCUT2D eigenvalue weighted by atomic mass is 35.5. The molecule has 1 aromatic rings. The molecule has 1 heterocycles. The number of rotatable bonds is 2. The summed E-state index contributed by atoms with van der Waals surface area (Å²) >= 11 is 0. The van der Waals surface area contributed by atoms with Crippen LogP contribution in [0.1, 0.15) is 10.5 Å². The van der Waals surface area contributed by atoms with Crippen LogP contribution in [0.15, 0.2) is 12.3 Å². The van der Waals surface area contributed by atoms with E-state index in [-0.39, 0.29) is 23.8 Å². The summed E-state index contributed by atoms with van der Waals surface area (Å²) in [6.07, 6.45) is 1.16. The number of hydrogen-bond donors (Lipinski definition) is 1. The van der Waals surface area contributed by atoms with Crippen molar-refractivity contribution < 1.29 is 14.8 Å². The number of nitrogens with zero attached hydrogens (tertiary/aromatic N) is 2. The molecule has 0 spiro atoms. The molecule has 0 aromatic carbocycles. The molecule has 0 saturated heterocycles. The van der Waals surface area contributed by atoms with Gasteiger partial charge in [-0.1, -0.05) is 0 Å². The minimum atomic E-state index is -1.18. The van der Waals surface area contributed by atoms with Crippen molar-refractivity contribution in [2.24, 2.45) is 7.05 Å². The predicted molar refractivity (Wildman–Crippen MR) is 46.3 cm³/mol. The number of halogens is 1. The zero-order valence-electron chi connectivity index (χ0n) is 6.63. The van der Waals surface area contributed by atoms with Gasteiger partial charge in [0.15, 0.2) is 0 Å². The van der Waals surface area contributed by atoms with Gasteiger partial charge in [-0.05, 0) is 0 Å². The van der Waals surface area contributed by atoms with Gasteiger partial charge in [-0.15, -0.1) is 12.4 Å². The van der Waals surface area contributed by atoms with E-state index in [1.165, 1.54) is 11.6 Å². The highest BCUT2D eigenvalue weighted by molar-refractivity contribution is 5.86. The summed E-state index contributed by atoms with van der Waals surface area (Å²) in [6, 6.07) is 1.02. The Kier molecular flexibility index (Phi) is 3.43. The van der Waals surface area contributed by atoms with Crippen LogP contribution in [0.4, 0.5) is 5.69 Å². The molecule has 72 valence electrons. The van der Waals surface area contributed by atoms with E-state index in [2.05, 4.69) is 0 Å². The number of carboxylic acid groups (broad SMARTS) is 1. The Morgan fingerprint density at radius 3 is 2.46 bits per heavy atom. The molecule has 0 saturated carbocycles. The third-order valence-electron chi connectivity index (χ3n) is 1.42. The van der Waals surface area contributed by atoms with Crippen LogP contribution in [0.25, 0.3) is 0 Å². The van der Waals surface area contributed by atoms with E-state index in [0.717, 1.165) is 12.3 Å². The zero-order chi connectivity index (χ0) is 9.30. The molecule has 0 bridgehead atoms. The number of carboxylic acids is 1. The average Bonchev–Trinajstić information content (AvgIpc) is 2.30. The summed E-state index contributed by atoms with van der Waals surface area (Å²) < 4.78 is 1.19. The summed E-state index contributed by atoms with van der Waals surface area (Å²) in [6.45, 7) is 0. The number of hydrogen-bond acceptors (Lipinski definition) is 3. The van der Waals surface area contributed by atoms with Crippen LogP contribution in [0, 0.1) is 10.1 Å². The molecule has 0 aliphatic heterocycles. The van der Waals surface area contributed by atoms with Crippen LogP contribution >= 0.6 is 12.4 Å². The predicted octanol–water partition coefficient (Wildman–Crippen LogP) is 1.05. The Labute approximate surface area is 79.3 Å². The number of aromatic carboxylic acids is 1. The highest BCUT2D eigenvalue weighted by Crippen LogP contribution is 2.14. The van der Waals surface area contributed by atoms with Gasteiger partial charge in [-0.25, -0.2) is 4.79 Å². The molecule has 0 radical (unpaired) electrons. The van der Waals surface area contributed by atoms with Gasteiger partial charge in [-0.2, -0.15) is 0 Å². The number of aromatic nitrogens is 1. The Bertz CT molecular complexity index is 346. The number of aryl methyl sites for hydroxylation is 1. The first-order valence-corrected chi connectivity index (χ1v) is 3.06. The van der Waals surface area contributed by atoms with Gasteiger partial charge >= 0.3 is 5.97 Å². The van der Waals surface area contributed by atoms with Crippen molar-refractivity contribution in [1.82, 2.24) is 4.57 Å². The molecule has 0 aliphatic carbocycles. The number of nitro groups is 1. The Hall–Kier alpha value is -1.56. The second-order valence-electron chi connectivity index (χ2n) is 2.26. The van der Waals surface area contributed by atoms with Gasteiger partial charge in [0.2, 0.25) is 0 Å². The Morgan fingerprint density at radius 1 is 1.69 bits per heavy atom. The molecule has 0 fully saturated rings. The van der Waals surface area contributed by atoms with Crippen molar-refractivity contribution in [3.8, 4) is 0 Å². The van der Waals surface area contributed by atoms with E-state index in [0.29, 0.717) is 0 Å². The van der Waals surface area contributed by atoms with Crippen molar-refractivity contribution in [2.75, 3.05) is 0 Å². The van der Waals surface area contributed by atoms with Gasteiger partial charge in [0.05, 0.1) is 11.1 Å². The summed E-state index contributed by atoms with van der Waals surface area (Å²) in [7, 11) is 1.44. The molecule has 6 nitrogen and oxygen atoms in total. The molecule has 1 aromatic heterocycles. The van der Waals surface area contributed by atoms with E-state index >= 15 is 0 Å². The average molecular weight is 207 g/mol. The minimum absolute atomic E-state index is 0. The highest BCUT2D eigenvalue weighted by Gasteiger charge is 2.15. The molecule has 1 rings (SSSR count). The first-order valence-electron chi connectivity index (χ1n) is 3.06. The van der Waals surface area contributed by atoms with Gasteiger partial charge in [-0.3, -0.25) is 10.1 Å². The van der Waals surface area contributed by atoms with Crippen LogP contribution in [-0.4, -0.2) is 20.6 Å². The fourth-order valence-electron chi connectivity index (χ4n) is 0.860. The summed E-state index contributed by atoms with van der Waals surface area (Å²) in [5.74, 6) is -1.18. The van der Waals surface area contributed by atoms with Crippen LogP contribution in [0.5, 0.6) is 0 Å². The summed E-state index contributed by atoms with van der Waals surface area (Å²) in [5, 5.41) is 18.7. The lowest BCUT2D eigenvalue weighted by molar-refractivity contribution is -0.384. The van der Waals surface area contributed by atoms with Crippen molar-refractivity contribution in [2.45, 2.75) is 0 Å². The van der Waals surface area contributed by atoms with Crippen LogP contribution in [0.3, 0.4) is 0 Å². The van der Waals surface area contributed by atoms with E-state index in [1.54, 1.807) is 0 Å². The van der Waals surface area contributed by atoms with Crippen molar-refractivity contribution in [3.05, 3.63) is 28.1 Å². The van der Waals surface area contributed by atoms with E-state index in [9.17, 15) is 14.9 Å². The lowest BCUT2D eigenvalue weighted by atomic mass is 10.4. The molecular formula is C6H7ClN2O4. The van der Waals surface area contributed by atoms with Gasteiger partial charge in [0.1, 0.15) is 5.69 Å². The Morgan fingerprint density at radius 2 is 2.23 bits per heavy atom. The zero-order valence-corrected chi connectivity index (χ0v) is 7.45. The van der Waals surface area contributed by atoms with Crippen LogP contribution in [0.2, 0.25) is 0 Å². The lowest BCUT2D eigenvalue weighted by Crippen LogP contribution is -2.02. The normalized spacial score (nSPS) is 9.00. The fraction of sp³-hybridized carbons (Fsp3) is 0.167. The van der Waals surface area contributed by atoms with Crippen LogP contribution < -0.4 is 0 Å². The van der Waals surface area contributed by atoms with Gasteiger partial charge in [0.25, 0.3) is 5.69 Å². The number of carbonyl (C=O) groups is 1. The van der Waals surface area contributed by atoms with Gasteiger partial charge in [0, 0.05) is 13.1 Å². The van der Waals surface area contributed by atoms with Crippen molar-refractivity contribution in [1.29, 1.82) is 0 Å². The largest absolute Gasteiger partial charge is 0.477 e. The second-order valence-corrected chi connectivity index (χ2v) is 2.26. The monoisotopic (exact) mass is 206 g/mol. The third-order valence-corrected chi connectivity index (χ3v) is 1.42. The molecule has 0 unspecified atom stereocenters. The second kappa shape index (κ2) is 3.90. The standard InChI is InChI=1S/C6H6N2O4.ClH/c1-7-3-4(8(11)12)2-5(7)6(9)10;/h2-3H,1H3,(H,9,10);1H. The summed E-state index contributed by atoms with van der Waals surface area (Å²) in [4.78, 5) is 20.0. The topological polar surface area (TPSA) is 85.4 Å². The quantitative estimate of drug-likeness (QED) is 0.579. The molecule has 0 amide bonds. The molecule has 0 atom stereocenters. The maximum Gasteiger partial charge on any atom is 0.352 e. The third kappa shape index (κ3) is 2.19. The lowest BCUT2D eigenvalue weighted by Gasteiger charge is -1.91. The first kappa shape index (κ1) is 11.4. The minimum Gasteiger partial charge on any atom is -0.477 e.